The van der Waals surface area contributed by atoms with E-state index in [-0.39, 0.29) is 33.6 Å². The molecule has 0 amide bonds. The Morgan fingerprint density at radius 1 is 1.12 bits per heavy atom. The molecule has 0 aliphatic rings. The highest BCUT2D eigenvalue weighted by atomic mass is 35.5. The minimum atomic E-state index is -1.14. The molecule has 3 aromatic rings. The van der Waals surface area contributed by atoms with Crippen molar-refractivity contribution in [1.29, 1.82) is 5.26 Å². The van der Waals surface area contributed by atoms with E-state index >= 15 is 0 Å². The van der Waals surface area contributed by atoms with Gasteiger partial charge in [0.25, 0.3) is 0 Å². The van der Waals surface area contributed by atoms with Gasteiger partial charge in [-0.25, -0.2) is 9.78 Å². The first-order valence-corrected chi connectivity index (χ1v) is 7.76. The molecule has 128 valence electrons. The number of anilines is 2. The molecule has 26 heavy (non-hydrogen) atoms. The van der Waals surface area contributed by atoms with Gasteiger partial charge >= 0.3 is 5.97 Å². The first-order chi connectivity index (χ1) is 12.4. The molecule has 8 heteroatoms. The van der Waals surface area contributed by atoms with Gasteiger partial charge in [0.1, 0.15) is 17.5 Å². The number of carboxylic acids is 1. The van der Waals surface area contributed by atoms with Crippen molar-refractivity contribution in [3.05, 3.63) is 58.6 Å². The number of nitrogens with zero attached hydrogens (tertiary/aromatic N) is 3. The van der Waals surface area contributed by atoms with Crippen LogP contribution in [0.15, 0.2) is 42.5 Å². The molecule has 0 aliphatic heterocycles. The van der Waals surface area contributed by atoms with Gasteiger partial charge in [-0.1, -0.05) is 41.9 Å². The van der Waals surface area contributed by atoms with Crippen molar-refractivity contribution < 1.29 is 9.90 Å². The molecule has 0 saturated heterocycles. The Kier molecular flexibility index (Phi) is 4.43. The zero-order valence-electron chi connectivity index (χ0n) is 13.3. The Labute approximate surface area is 153 Å². The molecule has 1 heterocycles. The SMILES string of the molecule is N#Cc1c(N)nc(N)nc1-c1ccccc1-c1ccc(Cl)c(C(=O)O)c1. The van der Waals surface area contributed by atoms with E-state index in [1.54, 1.807) is 30.3 Å². The molecule has 2 aromatic carbocycles. The van der Waals surface area contributed by atoms with Gasteiger partial charge < -0.3 is 16.6 Å². The number of aromatic carboxylic acids is 1. The van der Waals surface area contributed by atoms with E-state index in [0.29, 0.717) is 16.7 Å². The van der Waals surface area contributed by atoms with Crippen molar-refractivity contribution in [1.82, 2.24) is 9.97 Å². The topological polar surface area (TPSA) is 139 Å². The summed E-state index contributed by atoms with van der Waals surface area (Å²) in [6.45, 7) is 0. The fourth-order valence-electron chi connectivity index (χ4n) is 2.60. The zero-order valence-corrected chi connectivity index (χ0v) is 14.0. The molecule has 0 radical (unpaired) electrons. The smallest absolute Gasteiger partial charge is 0.337 e. The van der Waals surface area contributed by atoms with Crippen LogP contribution < -0.4 is 11.5 Å². The summed E-state index contributed by atoms with van der Waals surface area (Å²) in [7, 11) is 0. The van der Waals surface area contributed by atoms with Gasteiger partial charge in [-0.15, -0.1) is 0 Å². The van der Waals surface area contributed by atoms with Crippen LogP contribution in [0.1, 0.15) is 15.9 Å². The molecule has 0 unspecified atom stereocenters. The van der Waals surface area contributed by atoms with E-state index in [4.69, 9.17) is 23.1 Å². The number of hydrogen-bond acceptors (Lipinski definition) is 6. The number of halogens is 1. The summed E-state index contributed by atoms with van der Waals surface area (Å²) in [4.78, 5) is 19.3. The van der Waals surface area contributed by atoms with Crippen molar-refractivity contribution in [3.8, 4) is 28.5 Å². The van der Waals surface area contributed by atoms with Gasteiger partial charge in [-0.3, -0.25) is 0 Å². The lowest BCUT2D eigenvalue weighted by molar-refractivity contribution is 0.0697. The van der Waals surface area contributed by atoms with Crippen LogP contribution in [0.3, 0.4) is 0 Å². The normalized spacial score (nSPS) is 10.3. The molecule has 5 N–H and O–H groups in total. The average molecular weight is 366 g/mol. The van der Waals surface area contributed by atoms with Gasteiger partial charge in [0.2, 0.25) is 5.95 Å². The maximum Gasteiger partial charge on any atom is 0.337 e. The molecule has 0 atom stereocenters. The van der Waals surface area contributed by atoms with Gasteiger partial charge in [0, 0.05) is 5.56 Å². The summed E-state index contributed by atoms with van der Waals surface area (Å²) in [6, 6.07) is 13.7. The minimum absolute atomic E-state index is 0.0212. The summed E-state index contributed by atoms with van der Waals surface area (Å²) in [5, 5.41) is 18.8. The lowest BCUT2D eigenvalue weighted by Crippen LogP contribution is -2.05. The Balaban J connectivity index is 2.29. The van der Waals surface area contributed by atoms with Crippen LogP contribution in [0.4, 0.5) is 11.8 Å². The third kappa shape index (κ3) is 3.01. The van der Waals surface area contributed by atoms with E-state index in [9.17, 15) is 15.2 Å². The molecule has 7 nitrogen and oxygen atoms in total. The zero-order chi connectivity index (χ0) is 18.8. The van der Waals surface area contributed by atoms with Crippen LogP contribution in [0, 0.1) is 11.3 Å². The highest BCUT2D eigenvalue weighted by Crippen LogP contribution is 2.35. The standard InChI is InChI=1S/C18H12ClN5O2/c19-14-6-5-9(7-12(14)17(25)26)10-3-1-2-4-11(10)15-13(8-20)16(21)24-18(22)23-15/h1-7H,(H,25,26)(H4,21,22,23,24). The minimum Gasteiger partial charge on any atom is -0.478 e. The van der Waals surface area contributed by atoms with Crippen molar-refractivity contribution in [2.24, 2.45) is 0 Å². The molecular formula is C18H12ClN5O2. The molecule has 0 aliphatic carbocycles. The predicted molar refractivity (Wildman–Crippen MR) is 98.4 cm³/mol. The van der Waals surface area contributed by atoms with E-state index in [0.717, 1.165) is 0 Å². The van der Waals surface area contributed by atoms with Crippen molar-refractivity contribution in [3.63, 3.8) is 0 Å². The largest absolute Gasteiger partial charge is 0.478 e. The summed E-state index contributed by atoms with van der Waals surface area (Å²) >= 11 is 5.95. The Morgan fingerprint density at radius 3 is 2.46 bits per heavy atom. The number of nitrogens with two attached hydrogens (primary N) is 2. The maximum atomic E-state index is 11.4. The number of carboxylic acid groups (broad SMARTS) is 1. The van der Waals surface area contributed by atoms with Crippen LogP contribution in [0.25, 0.3) is 22.4 Å². The van der Waals surface area contributed by atoms with Gasteiger partial charge in [-0.05, 0) is 23.3 Å². The Hall–Kier alpha value is -3.63. The molecule has 1 aromatic heterocycles. The van der Waals surface area contributed by atoms with E-state index < -0.39 is 5.97 Å². The first-order valence-electron chi connectivity index (χ1n) is 7.38. The van der Waals surface area contributed by atoms with Crippen molar-refractivity contribution in [2.45, 2.75) is 0 Å². The number of rotatable bonds is 3. The van der Waals surface area contributed by atoms with Gasteiger partial charge in [-0.2, -0.15) is 10.2 Å². The number of nitrogen functional groups attached to an aromatic ring is 2. The fourth-order valence-corrected chi connectivity index (χ4v) is 2.80. The number of carbonyl (C=O) groups is 1. The molecule has 3 rings (SSSR count). The van der Waals surface area contributed by atoms with E-state index in [1.807, 2.05) is 6.07 Å². The molecule has 0 bridgehead atoms. The quantitative estimate of drug-likeness (QED) is 0.647. The van der Waals surface area contributed by atoms with Crippen molar-refractivity contribution >= 4 is 29.3 Å². The highest BCUT2D eigenvalue weighted by Gasteiger charge is 2.18. The van der Waals surface area contributed by atoms with Crippen LogP contribution in [0.5, 0.6) is 0 Å². The molecule has 0 saturated carbocycles. The van der Waals surface area contributed by atoms with Crippen LogP contribution in [0.2, 0.25) is 5.02 Å². The fraction of sp³-hybridized carbons (Fsp3) is 0. The van der Waals surface area contributed by atoms with Crippen molar-refractivity contribution in [2.75, 3.05) is 11.5 Å². The highest BCUT2D eigenvalue weighted by molar-refractivity contribution is 6.33. The third-order valence-electron chi connectivity index (χ3n) is 3.76. The summed E-state index contributed by atoms with van der Waals surface area (Å²) < 4.78 is 0. The summed E-state index contributed by atoms with van der Waals surface area (Å²) in [5.41, 5.74) is 13.7. The number of hydrogen-bond donors (Lipinski definition) is 3. The third-order valence-corrected chi connectivity index (χ3v) is 4.09. The number of aromatic nitrogens is 2. The summed E-state index contributed by atoms with van der Waals surface area (Å²) in [5.74, 6) is -1.22. The lowest BCUT2D eigenvalue weighted by Gasteiger charge is -2.13. The number of benzene rings is 2. The van der Waals surface area contributed by atoms with Crippen LogP contribution >= 0.6 is 11.6 Å². The van der Waals surface area contributed by atoms with Gasteiger partial charge in [0.15, 0.2) is 0 Å². The second-order valence-corrected chi connectivity index (χ2v) is 5.76. The Morgan fingerprint density at radius 2 is 1.81 bits per heavy atom. The number of nitriles is 1. The van der Waals surface area contributed by atoms with Crippen LogP contribution in [-0.4, -0.2) is 21.0 Å². The monoisotopic (exact) mass is 365 g/mol. The van der Waals surface area contributed by atoms with E-state index in [2.05, 4.69) is 9.97 Å². The molecule has 0 fully saturated rings. The molecule has 0 spiro atoms. The van der Waals surface area contributed by atoms with E-state index in [1.165, 1.54) is 12.1 Å². The first kappa shape index (κ1) is 17.2. The van der Waals surface area contributed by atoms with Crippen LogP contribution in [-0.2, 0) is 0 Å². The van der Waals surface area contributed by atoms with Gasteiger partial charge in [0.05, 0.1) is 16.3 Å². The predicted octanol–water partition coefficient (Wildman–Crippen LogP) is 3.20. The average Bonchev–Trinajstić information content (AvgIpc) is 2.61. The second-order valence-electron chi connectivity index (χ2n) is 5.35. The molecular weight excluding hydrogens is 354 g/mol. The Bertz CT molecular complexity index is 1080. The second kappa shape index (κ2) is 6.70. The maximum absolute atomic E-state index is 11.4. The summed E-state index contributed by atoms with van der Waals surface area (Å²) in [6.07, 6.45) is 0. The lowest BCUT2D eigenvalue weighted by atomic mass is 9.94.